The van der Waals surface area contributed by atoms with Crippen molar-refractivity contribution in [3.05, 3.63) is 30.2 Å². The van der Waals surface area contributed by atoms with E-state index in [4.69, 9.17) is 9.15 Å². The second kappa shape index (κ2) is 4.19. The number of carbonyl (C=O) groups excluding carboxylic acids is 2. The zero-order valence-corrected chi connectivity index (χ0v) is 10.5. The van der Waals surface area contributed by atoms with Gasteiger partial charge in [0.2, 0.25) is 0 Å². The Balaban J connectivity index is 2.00. The summed E-state index contributed by atoms with van der Waals surface area (Å²) < 4.78 is 9.96. The molecule has 0 atom stereocenters. The highest BCUT2D eigenvalue weighted by atomic mass is 16.5. The van der Waals surface area contributed by atoms with Crippen LogP contribution in [0, 0.1) is 5.41 Å². The van der Waals surface area contributed by atoms with Crippen molar-refractivity contribution in [1.82, 2.24) is 4.98 Å². The van der Waals surface area contributed by atoms with Crippen LogP contribution in [0.2, 0.25) is 0 Å². The SMILES string of the molecule is COC(=O)C1(C(=O)c2ccc3ncoc3c2)CCC1. The van der Waals surface area contributed by atoms with Gasteiger partial charge >= 0.3 is 5.97 Å². The quantitative estimate of drug-likeness (QED) is 0.480. The molecule has 0 saturated heterocycles. The predicted molar refractivity (Wildman–Crippen MR) is 66.6 cm³/mol. The summed E-state index contributed by atoms with van der Waals surface area (Å²) in [4.78, 5) is 28.4. The fourth-order valence-corrected chi connectivity index (χ4v) is 2.52. The molecule has 0 bridgehead atoms. The Hall–Kier alpha value is -2.17. The number of benzene rings is 1. The van der Waals surface area contributed by atoms with Gasteiger partial charge in [-0.2, -0.15) is 0 Å². The highest BCUT2D eigenvalue weighted by Crippen LogP contribution is 2.44. The Morgan fingerprint density at radius 2 is 2.16 bits per heavy atom. The number of aromatic nitrogens is 1. The molecule has 0 radical (unpaired) electrons. The number of nitrogens with zero attached hydrogens (tertiary/aromatic N) is 1. The molecule has 0 amide bonds. The number of ether oxygens (including phenoxy) is 1. The summed E-state index contributed by atoms with van der Waals surface area (Å²) in [6.45, 7) is 0. The van der Waals surface area contributed by atoms with E-state index in [1.165, 1.54) is 13.5 Å². The number of carbonyl (C=O) groups is 2. The van der Waals surface area contributed by atoms with E-state index < -0.39 is 11.4 Å². The van der Waals surface area contributed by atoms with Crippen LogP contribution in [0.15, 0.2) is 29.0 Å². The van der Waals surface area contributed by atoms with Gasteiger partial charge in [0.25, 0.3) is 0 Å². The lowest BCUT2D eigenvalue weighted by molar-refractivity contribution is -0.153. The number of Topliss-reactive ketones (excluding diaryl/α,β-unsaturated/α-hetero) is 1. The van der Waals surface area contributed by atoms with E-state index in [2.05, 4.69) is 4.98 Å². The van der Waals surface area contributed by atoms with Crippen LogP contribution in [0.4, 0.5) is 0 Å². The van der Waals surface area contributed by atoms with Gasteiger partial charge in [-0.1, -0.05) is 6.42 Å². The minimum absolute atomic E-state index is 0.191. The number of ketones is 1. The lowest BCUT2D eigenvalue weighted by Crippen LogP contribution is -2.45. The molecule has 1 fully saturated rings. The molecule has 0 N–H and O–H groups in total. The molecule has 1 saturated carbocycles. The molecule has 0 spiro atoms. The van der Waals surface area contributed by atoms with Crippen molar-refractivity contribution in [2.45, 2.75) is 19.3 Å². The van der Waals surface area contributed by atoms with Crippen molar-refractivity contribution in [3.63, 3.8) is 0 Å². The van der Waals surface area contributed by atoms with Gasteiger partial charge in [0.1, 0.15) is 10.9 Å². The number of fused-ring (bicyclic) bond motifs is 1. The van der Waals surface area contributed by atoms with Crippen molar-refractivity contribution in [2.24, 2.45) is 5.41 Å². The van der Waals surface area contributed by atoms with Gasteiger partial charge in [0.05, 0.1) is 7.11 Å². The zero-order chi connectivity index (χ0) is 13.5. The largest absolute Gasteiger partial charge is 0.468 e. The van der Waals surface area contributed by atoms with E-state index in [1.54, 1.807) is 18.2 Å². The highest BCUT2D eigenvalue weighted by Gasteiger charge is 2.51. The summed E-state index contributed by atoms with van der Waals surface area (Å²) in [5.41, 5.74) is 0.708. The van der Waals surface area contributed by atoms with Crippen LogP contribution in [0.5, 0.6) is 0 Å². The zero-order valence-electron chi connectivity index (χ0n) is 10.5. The summed E-state index contributed by atoms with van der Waals surface area (Å²) in [5, 5.41) is 0. The number of hydrogen-bond donors (Lipinski definition) is 0. The molecule has 1 aromatic carbocycles. The molecule has 98 valence electrons. The Kier molecular flexibility index (Phi) is 2.62. The lowest BCUT2D eigenvalue weighted by Gasteiger charge is -2.37. The fourth-order valence-electron chi connectivity index (χ4n) is 2.52. The number of oxazole rings is 1. The third kappa shape index (κ3) is 1.65. The van der Waals surface area contributed by atoms with Gasteiger partial charge in [-0.25, -0.2) is 4.98 Å². The first-order chi connectivity index (χ1) is 9.17. The van der Waals surface area contributed by atoms with E-state index in [1.807, 2.05) is 0 Å². The molecule has 5 nitrogen and oxygen atoms in total. The average Bonchev–Trinajstić information content (AvgIpc) is 2.84. The van der Waals surface area contributed by atoms with E-state index in [0.717, 1.165) is 6.42 Å². The summed E-state index contributed by atoms with van der Waals surface area (Å²) in [6.07, 6.45) is 3.30. The molecule has 1 aliphatic carbocycles. The van der Waals surface area contributed by atoms with Crippen LogP contribution in [-0.2, 0) is 9.53 Å². The third-order valence-electron chi connectivity index (χ3n) is 3.81. The molecule has 2 aromatic rings. The van der Waals surface area contributed by atoms with Crippen LogP contribution in [0.25, 0.3) is 11.1 Å². The Morgan fingerprint density at radius 1 is 1.37 bits per heavy atom. The lowest BCUT2D eigenvalue weighted by atomic mass is 9.64. The van der Waals surface area contributed by atoms with Crippen molar-refractivity contribution in [1.29, 1.82) is 0 Å². The highest BCUT2D eigenvalue weighted by molar-refractivity contribution is 6.14. The van der Waals surface area contributed by atoms with Crippen LogP contribution >= 0.6 is 0 Å². The summed E-state index contributed by atoms with van der Waals surface area (Å²) >= 11 is 0. The maximum Gasteiger partial charge on any atom is 0.319 e. The summed E-state index contributed by atoms with van der Waals surface area (Å²) in [5.74, 6) is -0.634. The van der Waals surface area contributed by atoms with Crippen LogP contribution < -0.4 is 0 Å². The summed E-state index contributed by atoms with van der Waals surface area (Å²) in [7, 11) is 1.31. The van der Waals surface area contributed by atoms with Gasteiger partial charge in [0, 0.05) is 5.56 Å². The maximum atomic E-state index is 12.6. The Bertz CT molecular complexity index is 654. The predicted octanol–water partition coefficient (Wildman–Crippen LogP) is 2.35. The maximum absolute atomic E-state index is 12.6. The van der Waals surface area contributed by atoms with Gasteiger partial charge in [-0.3, -0.25) is 9.59 Å². The van der Waals surface area contributed by atoms with Crippen molar-refractivity contribution < 1.29 is 18.7 Å². The smallest absolute Gasteiger partial charge is 0.319 e. The fraction of sp³-hybridized carbons (Fsp3) is 0.357. The topological polar surface area (TPSA) is 69.4 Å². The van der Waals surface area contributed by atoms with Crippen molar-refractivity contribution in [3.8, 4) is 0 Å². The van der Waals surface area contributed by atoms with Crippen LogP contribution in [0.3, 0.4) is 0 Å². The minimum Gasteiger partial charge on any atom is -0.468 e. The van der Waals surface area contributed by atoms with Crippen molar-refractivity contribution in [2.75, 3.05) is 7.11 Å². The molecular weight excluding hydrogens is 246 g/mol. The molecule has 0 unspecified atom stereocenters. The first kappa shape index (κ1) is 11.9. The van der Waals surface area contributed by atoms with Gasteiger partial charge < -0.3 is 9.15 Å². The molecule has 1 heterocycles. The monoisotopic (exact) mass is 259 g/mol. The van der Waals surface area contributed by atoms with Gasteiger partial charge in [-0.15, -0.1) is 0 Å². The van der Waals surface area contributed by atoms with E-state index in [0.29, 0.717) is 29.5 Å². The van der Waals surface area contributed by atoms with Gasteiger partial charge in [0.15, 0.2) is 17.8 Å². The summed E-state index contributed by atoms with van der Waals surface area (Å²) in [6, 6.07) is 5.03. The molecular formula is C14H13NO4. The average molecular weight is 259 g/mol. The second-order valence-electron chi connectivity index (χ2n) is 4.79. The molecule has 19 heavy (non-hydrogen) atoms. The molecule has 1 aromatic heterocycles. The number of esters is 1. The molecule has 3 rings (SSSR count). The van der Waals surface area contributed by atoms with Crippen LogP contribution in [0.1, 0.15) is 29.6 Å². The first-order valence-electron chi connectivity index (χ1n) is 6.14. The van der Waals surface area contributed by atoms with Crippen molar-refractivity contribution >= 4 is 22.9 Å². The number of methoxy groups -OCH3 is 1. The number of hydrogen-bond acceptors (Lipinski definition) is 5. The molecule has 0 aliphatic heterocycles. The standard InChI is InChI=1S/C14H13NO4/c1-18-13(17)14(5-2-6-14)12(16)9-3-4-10-11(7-9)19-8-15-10/h3-4,7-8H,2,5-6H2,1H3. The van der Waals surface area contributed by atoms with E-state index in [9.17, 15) is 9.59 Å². The number of rotatable bonds is 3. The second-order valence-corrected chi connectivity index (χ2v) is 4.79. The Morgan fingerprint density at radius 3 is 2.79 bits per heavy atom. The third-order valence-corrected chi connectivity index (χ3v) is 3.81. The minimum atomic E-state index is -0.998. The first-order valence-corrected chi connectivity index (χ1v) is 6.14. The normalized spacial score (nSPS) is 16.9. The van der Waals surface area contributed by atoms with E-state index in [-0.39, 0.29) is 5.78 Å². The Labute approximate surface area is 109 Å². The van der Waals surface area contributed by atoms with Crippen LogP contribution in [-0.4, -0.2) is 23.8 Å². The van der Waals surface area contributed by atoms with Gasteiger partial charge in [-0.05, 0) is 31.0 Å². The molecule has 5 heteroatoms. The van der Waals surface area contributed by atoms with E-state index >= 15 is 0 Å². The molecule has 1 aliphatic rings.